The average molecular weight is 345 g/mol. The molecule has 3 atom stereocenters. The Labute approximate surface area is 147 Å². The molecule has 6 nitrogen and oxygen atoms in total. The summed E-state index contributed by atoms with van der Waals surface area (Å²) >= 11 is 0. The molecule has 1 aromatic carbocycles. The van der Waals surface area contributed by atoms with E-state index in [0.29, 0.717) is 24.1 Å². The van der Waals surface area contributed by atoms with Crippen LogP contribution < -0.4 is 0 Å². The minimum atomic E-state index is -0.561. The van der Waals surface area contributed by atoms with Crippen molar-refractivity contribution in [3.8, 4) is 0 Å². The van der Waals surface area contributed by atoms with Gasteiger partial charge < -0.3 is 4.90 Å². The highest BCUT2D eigenvalue weighted by molar-refractivity contribution is 5.81. The molecule has 1 aliphatic heterocycles. The van der Waals surface area contributed by atoms with Crippen molar-refractivity contribution in [2.75, 3.05) is 13.1 Å². The summed E-state index contributed by atoms with van der Waals surface area (Å²) in [5, 5.41) is 11.6. The molecule has 25 heavy (non-hydrogen) atoms. The van der Waals surface area contributed by atoms with Crippen LogP contribution in [-0.2, 0) is 11.2 Å². The van der Waals surface area contributed by atoms with Gasteiger partial charge in [0.25, 0.3) is 0 Å². The normalized spacial score (nSPS) is 22.0. The average Bonchev–Trinajstić information content (AvgIpc) is 2.97. The van der Waals surface area contributed by atoms with Crippen molar-refractivity contribution in [2.24, 2.45) is 11.8 Å². The number of aryl methyl sites for hydroxylation is 1. The van der Waals surface area contributed by atoms with Crippen LogP contribution in [0.1, 0.15) is 37.7 Å². The van der Waals surface area contributed by atoms with E-state index in [9.17, 15) is 9.18 Å². The fraction of sp³-hybridized carbons (Fsp3) is 0.556. The minimum Gasteiger partial charge on any atom is -0.340 e. The SMILES string of the molecule is Cc1nnnn1C(Cc1cccc(F)c1)C(=O)N1CC(C)CC(C)C1. The molecule has 7 heteroatoms. The van der Waals surface area contributed by atoms with Gasteiger partial charge in [-0.2, -0.15) is 0 Å². The van der Waals surface area contributed by atoms with Gasteiger partial charge in [-0.1, -0.05) is 26.0 Å². The number of benzene rings is 1. The number of likely N-dealkylation sites (tertiary alicyclic amines) is 1. The molecule has 2 heterocycles. The smallest absolute Gasteiger partial charge is 0.247 e. The highest BCUT2D eigenvalue weighted by Gasteiger charge is 2.32. The molecule has 0 N–H and O–H groups in total. The quantitative estimate of drug-likeness (QED) is 0.854. The first-order valence-corrected chi connectivity index (χ1v) is 8.71. The summed E-state index contributed by atoms with van der Waals surface area (Å²) in [6, 6.07) is 5.78. The zero-order valence-electron chi connectivity index (χ0n) is 14.9. The van der Waals surface area contributed by atoms with Gasteiger partial charge in [-0.25, -0.2) is 9.07 Å². The zero-order chi connectivity index (χ0) is 18.0. The van der Waals surface area contributed by atoms with Crippen LogP contribution in [0.15, 0.2) is 24.3 Å². The number of rotatable bonds is 4. The number of hydrogen-bond acceptors (Lipinski definition) is 4. The third-order valence-electron chi connectivity index (χ3n) is 4.74. The number of carbonyl (C=O) groups excluding carboxylic acids is 1. The standard InChI is InChI=1S/C18H24FN5O/c1-12-7-13(2)11-23(10-12)18(25)17(24-14(3)20-21-22-24)9-15-5-4-6-16(19)8-15/h4-6,8,12-13,17H,7,9-11H2,1-3H3. The van der Waals surface area contributed by atoms with E-state index in [-0.39, 0.29) is 11.7 Å². The molecule has 3 rings (SSSR count). The van der Waals surface area contributed by atoms with Crippen molar-refractivity contribution in [1.82, 2.24) is 25.1 Å². The number of amides is 1. The summed E-state index contributed by atoms with van der Waals surface area (Å²) in [4.78, 5) is 15.2. The Bertz CT molecular complexity index is 737. The highest BCUT2D eigenvalue weighted by atomic mass is 19.1. The van der Waals surface area contributed by atoms with Crippen LogP contribution in [0.4, 0.5) is 4.39 Å². The summed E-state index contributed by atoms with van der Waals surface area (Å²) in [5.74, 6) is 1.21. The lowest BCUT2D eigenvalue weighted by Gasteiger charge is -2.37. The molecule has 1 aromatic heterocycles. The third-order valence-corrected chi connectivity index (χ3v) is 4.74. The number of halogens is 1. The second-order valence-corrected chi connectivity index (χ2v) is 7.21. The van der Waals surface area contributed by atoms with Crippen LogP contribution in [0, 0.1) is 24.6 Å². The van der Waals surface area contributed by atoms with Crippen LogP contribution >= 0.6 is 0 Å². The van der Waals surface area contributed by atoms with E-state index in [1.165, 1.54) is 12.1 Å². The Kier molecular flexibility index (Phi) is 5.11. The maximum absolute atomic E-state index is 13.6. The van der Waals surface area contributed by atoms with E-state index >= 15 is 0 Å². The lowest BCUT2D eigenvalue weighted by Crippen LogP contribution is -2.46. The lowest BCUT2D eigenvalue weighted by molar-refractivity contribution is -0.138. The fourth-order valence-corrected chi connectivity index (χ4v) is 3.75. The molecule has 134 valence electrons. The lowest BCUT2D eigenvalue weighted by atomic mass is 9.91. The van der Waals surface area contributed by atoms with Crippen LogP contribution in [0.5, 0.6) is 0 Å². The van der Waals surface area contributed by atoms with E-state index in [4.69, 9.17) is 0 Å². The van der Waals surface area contributed by atoms with Gasteiger partial charge in [-0.15, -0.1) is 5.10 Å². The molecule has 0 radical (unpaired) electrons. The number of carbonyl (C=O) groups is 1. The van der Waals surface area contributed by atoms with Crippen LogP contribution in [0.2, 0.25) is 0 Å². The van der Waals surface area contributed by atoms with Crippen molar-refractivity contribution < 1.29 is 9.18 Å². The summed E-state index contributed by atoms with van der Waals surface area (Å²) < 4.78 is 15.1. The van der Waals surface area contributed by atoms with E-state index in [1.807, 2.05) is 11.0 Å². The molecule has 1 saturated heterocycles. The van der Waals surface area contributed by atoms with E-state index < -0.39 is 6.04 Å². The van der Waals surface area contributed by atoms with Crippen molar-refractivity contribution in [2.45, 2.75) is 39.7 Å². The topological polar surface area (TPSA) is 63.9 Å². The predicted octanol–water partition coefficient (Wildman–Crippen LogP) is 2.41. The maximum Gasteiger partial charge on any atom is 0.247 e. The summed E-state index contributed by atoms with van der Waals surface area (Å²) in [6.45, 7) is 7.58. The van der Waals surface area contributed by atoms with Crippen LogP contribution in [-0.4, -0.2) is 44.1 Å². The van der Waals surface area contributed by atoms with Crippen molar-refractivity contribution in [3.63, 3.8) is 0 Å². The number of nitrogens with zero attached hydrogens (tertiary/aromatic N) is 5. The van der Waals surface area contributed by atoms with Crippen LogP contribution in [0.3, 0.4) is 0 Å². The summed E-state index contributed by atoms with van der Waals surface area (Å²) in [5.41, 5.74) is 0.756. The summed E-state index contributed by atoms with van der Waals surface area (Å²) in [7, 11) is 0. The maximum atomic E-state index is 13.6. The zero-order valence-corrected chi connectivity index (χ0v) is 14.9. The van der Waals surface area contributed by atoms with E-state index in [0.717, 1.165) is 25.1 Å². The Morgan fingerprint density at radius 3 is 2.64 bits per heavy atom. The largest absolute Gasteiger partial charge is 0.340 e. The van der Waals surface area contributed by atoms with Gasteiger partial charge in [-0.05, 0) is 53.3 Å². The molecule has 2 aromatic rings. The Balaban J connectivity index is 1.88. The number of aromatic nitrogens is 4. The van der Waals surface area contributed by atoms with E-state index in [2.05, 4.69) is 29.4 Å². The van der Waals surface area contributed by atoms with Gasteiger partial charge in [0.05, 0.1) is 0 Å². The van der Waals surface area contributed by atoms with Crippen LogP contribution in [0.25, 0.3) is 0 Å². The first-order chi connectivity index (χ1) is 11.9. The van der Waals surface area contributed by atoms with Gasteiger partial charge in [0.15, 0.2) is 0 Å². The molecule has 1 aliphatic rings. The van der Waals surface area contributed by atoms with Gasteiger partial charge in [-0.3, -0.25) is 4.79 Å². The van der Waals surface area contributed by atoms with E-state index in [1.54, 1.807) is 17.7 Å². The van der Waals surface area contributed by atoms with Gasteiger partial charge in [0.1, 0.15) is 17.7 Å². The molecule has 0 saturated carbocycles. The minimum absolute atomic E-state index is 0.00180. The second kappa shape index (κ2) is 7.29. The molecular weight excluding hydrogens is 321 g/mol. The fourth-order valence-electron chi connectivity index (χ4n) is 3.75. The molecule has 0 bridgehead atoms. The Morgan fingerprint density at radius 2 is 2.04 bits per heavy atom. The van der Waals surface area contributed by atoms with Crippen molar-refractivity contribution in [1.29, 1.82) is 0 Å². The van der Waals surface area contributed by atoms with Crippen molar-refractivity contribution in [3.05, 3.63) is 41.5 Å². The number of tetrazole rings is 1. The highest BCUT2D eigenvalue weighted by Crippen LogP contribution is 2.25. The number of piperidine rings is 1. The van der Waals surface area contributed by atoms with Gasteiger partial charge >= 0.3 is 0 Å². The Morgan fingerprint density at radius 1 is 1.32 bits per heavy atom. The molecule has 1 amide bonds. The molecule has 0 aliphatic carbocycles. The Hall–Kier alpha value is -2.31. The summed E-state index contributed by atoms with van der Waals surface area (Å²) in [6.07, 6.45) is 1.49. The predicted molar refractivity (Wildman–Crippen MR) is 91.2 cm³/mol. The third kappa shape index (κ3) is 4.03. The number of hydrogen-bond donors (Lipinski definition) is 0. The van der Waals surface area contributed by atoms with Gasteiger partial charge in [0, 0.05) is 19.5 Å². The first kappa shape index (κ1) is 17.5. The molecule has 0 spiro atoms. The van der Waals surface area contributed by atoms with Crippen molar-refractivity contribution >= 4 is 5.91 Å². The molecular formula is C18H24FN5O. The molecule has 1 fully saturated rings. The first-order valence-electron chi connectivity index (χ1n) is 8.71. The molecule has 3 unspecified atom stereocenters. The monoisotopic (exact) mass is 345 g/mol. The second-order valence-electron chi connectivity index (χ2n) is 7.21. The van der Waals surface area contributed by atoms with Gasteiger partial charge in [0.2, 0.25) is 5.91 Å².